The van der Waals surface area contributed by atoms with E-state index in [1.807, 2.05) is 0 Å². The van der Waals surface area contributed by atoms with Crippen LogP contribution in [-0.2, 0) is 4.79 Å². The van der Waals surface area contributed by atoms with Crippen molar-refractivity contribution in [3.63, 3.8) is 0 Å². The zero-order valence-electron chi connectivity index (χ0n) is 15.4. The number of rotatable bonds is 7. The molecule has 30 heavy (non-hydrogen) atoms. The number of hydrogen-bond acceptors (Lipinski definition) is 7. The van der Waals surface area contributed by atoms with Gasteiger partial charge < -0.3 is 9.47 Å². The zero-order chi connectivity index (χ0) is 21.8. The van der Waals surface area contributed by atoms with Crippen LogP contribution in [0.4, 0.5) is 20.2 Å². The van der Waals surface area contributed by atoms with Crippen LogP contribution >= 0.6 is 24.0 Å². The molecule has 1 amide bonds. The van der Waals surface area contributed by atoms with E-state index in [4.69, 9.17) is 17.0 Å². The largest absolute Gasteiger partial charge is 0.490 e. The van der Waals surface area contributed by atoms with Gasteiger partial charge in [0, 0.05) is 12.1 Å². The van der Waals surface area contributed by atoms with Gasteiger partial charge in [-0.15, -0.1) is 0 Å². The molecule has 0 unspecified atom stereocenters. The summed E-state index contributed by atoms with van der Waals surface area (Å²) in [6, 6.07) is 9.78. The predicted molar refractivity (Wildman–Crippen MR) is 113 cm³/mol. The summed E-state index contributed by atoms with van der Waals surface area (Å²) in [6.07, 6.45) is 1.55. The highest BCUT2D eigenvalue weighted by molar-refractivity contribution is 8.27. The van der Waals surface area contributed by atoms with Crippen molar-refractivity contribution in [3.8, 4) is 11.5 Å². The van der Waals surface area contributed by atoms with Crippen LogP contribution in [0.3, 0.4) is 0 Å². The normalized spacial score (nSPS) is 15.2. The molecule has 3 rings (SSSR count). The highest BCUT2D eigenvalue weighted by atomic mass is 32.2. The number of carbonyl (C=O) groups is 1. The summed E-state index contributed by atoms with van der Waals surface area (Å²) in [5, 5.41) is 10.8. The Kier molecular flexibility index (Phi) is 6.63. The Morgan fingerprint density at radius 1 is 1.23 bits per heavy atom. The lowest BCUT2D eigenvalue weighted by molar-refractivity contribution is -0.384. The van der Waals surface area contributed by atoms with E-state index >= 15 is 0 Å². The van der Waals surface area contributed by atoms with Crippen LogP contribution in [0.25, 0.3) is 6.08 Å². The second-order valence-electron chi connectivity index (χ2n) is 5.81. The molecule has 156 valence electrons. The Morgan fingerprint density at radius 3 is 2.53 bits per heavy atom. The lowest BCUT2D eigenvalue weighted by atomic mass is 10.1. The van der Waals surface area contributed by atoms with Gasteiger partial charge in [0.15, 0.2) is 15.8 Å². The molecule has 7 nitrogen and oxygen atoms in total. The maximum absolute atomic E-state index is 12.8. The summed E-state index contributed by atoms with van der Waals surface area (Å²) >= 11 is 6.34. The van der Waals surface area contributed by atoms with Gasteiger partial charge in [-0.2, -0.15) is 8.78 Å². The van der Waals surface area contributed by atoms with Gasteiger partial charge in [0.25, 0.3) is 11.6 Å². The molecule has 1 aliphatic heterocycles. The van der Waals surface area contributed by atoms with Crippen molar-refractivity contribution < 1.29 is 28.0 Å². The average Bonchev–Trinajstić information content (AvgIpc) is 2.97. The lowest BCUT2D eigenvalue weighted by Gasteiger charge is -2.14. The van der Waals surface area contributed by atoms with E-state index in [0.29, 0.717) is 16.2 Å². The van der Waals surface area contributed by atoms with Gasteiger partial charge in [-0.25, -0.2) is 0 Å². The van der Waals surface area contributed by atoms with E-state index in [9.17, 15) is 23.7 Å². The Labute approximate surface area is 179 Å². The number of alkyl halides is 2. The SMILES string of the molecule is CCOc1cc(/C=C2/SC(=S)N(c3ccc([N+](=O)[O-])cc3)C2=O)ccc1OC(F)F. The molecular formula is C19H14F2N2O5S2. The van der Waals surface area contributed by atoms with Crippen molar-refractivity contribution >= 4 is 51.7 Å². The second kappa shape index (κ2) is 9.18. The summed E-state index contributed by atoms with van der Waals surface area (Å²) in [7, 11) is 0. The number of carbonyl (C=O) groups excluding carboxylic acids is 1. The van der Waals surface area contributed by atoms with Crippen molar-refractivity contribution in [2.45, 2.75) is 13.5 Å². The number of anilines is 1. The maximum atomic E-state index is 12.8. The fourth-order valence-corrected chi connectivity index (χ4v) is 3.94. The molecule has 2 aromatic rings. The third-order valence-corrected chi connectivity index (χ3v) is 5.20. The maximum Gasteiger partial charge on any atom is 0.387 e. The van der Waals surface area contributed by atoms with Crippen LogP contribution in [0.2, 0.25) is 0 Å². The first-order valence-corrected chi connectivity index (χ1v) is 9.76. The van der Waals surface area contributed by atoms with Gasteiger partial charge in [0.2, 0.25) is 0 Å². The molecule has 0 aliphatic carbocycles. The van der Waals surface area contributed by atoms with Crippen molar-refractivity contribution in [2.75, 3.05) is 11.5 Å². The summed E-state index contributed by atoms with van der Waals surface area (Å²) < 4.78 is 35.1. The minimum absolute atomic E-state index is 0.103. The first-order chi connectivity index (χ1) is 14.3. The molecule has 1 heterocycles. The van der Waals surface area contributed by atoms with E-state index in [0.717, 1.165) is 11.8 Å². The van der Waals surface area contributed by atoms with Crippen LogP contribution in [0.5, 0.6) is 11.5 Å². The number of amides is 1. The van der Waals surface area contributed by atoms with Crippen LogP contribution in [0.15, 0.2) is 47.4 Å². The molecule has 2 aromatic carbocycles. The first kappa shape index (κ1) is 21.7. The summed E-state index contributed by atoms with van der Waals surface area (Å²) in [5.41, 5.74) is 0.834. The van der Waals surface area contributed by atoms with Crippen molar-refractivity contribution in [1.82, 2.24) is 0 Å². The van der Waals surface area contributed by atoms with E-state index in [1.54, 1.807) is 13.0 Å². The number of halogens is 2. The number of nitro benzene ring substituents is 1. The number of nitro groups is 1. The quantitative estimate of drug-likeness (QED) is 0.253. The van der Waals surface area contributed by atoms with E-state index in [1.165, 1.54) is 47.4 Å². The number of ether oxygens (including phenoxy) is 2. The van der Waals surface area contributed by atoms with Gasteiger partial charge in [-0.1, -0.05) is 30.0 Å². The van der Waals surface area contributed by atoms with Gasteiger partial charge in [-0.3, -0.25) is 19.8 Å². The monoisotopic (exact) mass is 452 g/mol. The summed E-state index contributed by atoms with van der Waals surface area (Å²) in [6.45, 7) is -1.05. The molecule has 0 N–H and O–H groups in total. The van der Waals surface area contributed by atoms with Crippen molar-refractivity contribution in [3.05, 3.63) is 63.0 Å². The number of hydrogen-bond donors (Lipinski definition) is 0. The highest BCUT2D eigenvalue weighted by Gasteiger charge is 2.33. The third kappa shape index (κ3) is 4.74. The standard InChI is InChI=1S/C19H14F2N2O5S2/c1-2-27-15-9-11(3-8-14(15)28-18(20)21)10-16-17(24)22(19(29)30-16)12-4-6-13(7-5-12)23(25)26/h3-10,18H,2H2,1H3/b16-10+. The fourth-order valence-electron chi connectivity index (χ4n) is 2.64. The fraction of sp³-hybridized carbons (Fsp3) is 0.158. The molecule has 0 bridgehead atoms. The molecule has 0 radical (unpaired) electrons. The van der Waals surface area contributed by atoms with Crippen LogP contribution in [0.1, 0.15) is 12.5 Å². The molecule has 0 aromatic heterocycles. The number of non-ortho nitro benzene ring substituents is 1. The van der Waals surface area contributed by atoms with Crippen LogP contribution in [0, 0.1) is 10.1 Å². The second-order valence-corrected chi connectivity index (χ2v) is 7.48. The number of benzene rings is 2. The van der Waals surface area contributed by atoms with Gasteiger partial charge >= 0.3 is 6.61 Å². The average molecular weight is 452 g/mol. The van der Waals surface area contributed by atoms with E-state index in [2.05, 4.69) is 4.74 Å². The van der Waals surface area contributed by atoms with Gasteiger partial charge in [0.1, 0.15) is 0 Å². The molecular weight excluding hydrogens is 438 g/mol. The number of thioether (sulfide) groups is 1. The van der Waals surface area contributed by atoms with Crippen molar-refractivity contribution in [2.24, 2.45) is 0 Å². The Morgan fingerprint density at radius 2 is 1.93 bits per heavy atom. The van der Waals surface area contributed by atoms with Crippen LogP contribution in [-0.4, -0.2) is 28.4 Å². The molecule has 1 fully saturated rings. The lowest BCUT2D eigenvalue weighted by Crippen LogP contribution is -2.27. The Hall–Kier alpha value is -3.05. The van der Waals surface area contributed by atoms with E-state index in [-0.39, 0.29) is 28.1 Å². The minimum atomic E-state index is -2.99. The minimum Gasteiger partial charge on any atom is -0.490 e. The van der Waals surface area contributed by atoms with Gasteiger partial charge in [-0.05, 0) is 42.8 Å². The molecule has 1 aliphatic rings. The predicted octanol–water partition coefficient (Wildman–Crippen LogP) is 5.00. The topological polar surface area (TPSA) is 81.9 Å². The van der Waals surface area contributed by atoms with Crippen LogP contribution < -0.4 is 14.4 Å². The van der Waals surface area contributed by atoms with Crippen molar-refractivity contribution in [1.29, 1.82) is 0 Å². The Balaban J connectivity index is 1.87. The molecule has 11 heteroatoms. The zero-order valence-corrected chi connectivity index (χ0v) is 17.0. The first-order valence-electron chi connectivity index (χ1n) is 8.54. The summed E-state index contributed by atoms with van der Waals surface area (Å²) in [5.74, 6) is -0.385. The Bertz CT molecular complexity index is 1030. The van der Waals surface area contributed by atoms with Gasteiger partial charge in [0.05, 0.1) is 22.1 Å². The molecule has 1 saturated heterocycles. The highest BCUT2D eigenvalue weighted by Crippen LogP contribution is 2.38. The smallest absolute Gasteiger partial charge is 0.387 e. The van der Waals surface area contributed by atoms with E-state index < -0.39 is 17.4 Å². The summed E-state index contributed by atoms with van der Waals surface area (Å²) in [4.78, 5) is 24.7. The molecule has 0 spiro atoms. The molecule has 0 saturated carbocycles. The number of nitrogens with zero attached hydrogens (tertiary/aromatic N) is 2. The molecule has 0 atom stereocenters. The third-order valence-electron chi connectivity index (χ3n) is 3.89. The number of thiocarbonyl (C=S) groups is 1.